The molecule has 1 N–H and O–H groups in total. The number of amides is 2. The Morgan fingerprint density at radius 3 is 2.73 bits per heavy atom. The molecule has 2 amide bonds. The molecule has 2 fully saturated rings. The van der Waals surface area contributed by atoms with Crippen molar-refractivity contribution in [2.24, 2.45) is 5.92 Å². The van der Waals surface area contributed by atoms with E-state index in [9.17, 15) is 14.4 Å². The minimum atomic E-state index is -0.697. The van der Waals surface area contributed by atoms with Gasteiger partial charge in [0.1, 0.15) is 17.8 Å². The molecular formula is C25H34N2O6. The molecule has 1 aromatic carbocycles. The first-order valence-corrected chi connectivity index (χ1v) is 12.1. The number of carbonyl (C=O) groups is 3. The number of methoxy groups -OCH3 is 1. The van der Waals surface area contributed by atoms with Crippen molar-refractivity contribution in [1.82, 2.24) is 10.2 Å². The Hall–Kier alpha value is -2.61. The predicted molar refractivity (Wildman–Crippen MR) is 121 cm³/mol. The third-order valence-electron chi connectivity index (χ3n) is 6.90. The molecule has 1 saturated heterocycles. The van der Waals surface area contributed by atoms with E-state index in [0.29, 0.717) is 38.3 Å². The summed E-state index contributed by atoms with van der Waals surface area (Å²) in [6, 6.07) is 6.14. The fourth-order valence-corrected chi connectivity index (χ4v) is 5.20. The molecule has 2 aliphatic heterocycles. The first-order chi connectivity index (χ1) is 16.0. The van der Waals surface area contributed by atoms with Crippen molar-refractivity contribution in [3.8, 4) is 5.75 Å². The summed E-state index contributed by atoms with van der Waals surface area (Å²) in [5.41, 5.74) is 0.830. The van der Waals surface area contributed by atoms with Crippen LogP contribution in [0.3, 0.4) is 0 Å². The molecular weight excluding hydrogens is 424 g/mol. The Morgan fingerprint density at radius 1 is 1.12 bits per heavy atom. The number of ether oxygens (including phenoxy) is 3. The van der Waals surface area contributed by atoms with Gasteiger partial charge >= 0.3 is 5.97 Å². The SMILES string of the molecule is COC(=O)[C@@H]1C[C@@H]2CN1C(=O)[C@H](C1CCCCC1)NC(=O)Cc1cccc(c1)OCCCO2. The Bertz CT molecular complexity index is 853. The minimum Gasteiger partial charge on any atom is -0.493 e. The third kappa shape index (κ3) is 5.85. The Kier molecular flexibility index (Phi) is 7.85. The van der Waals surface area contributed by atoms with Crippen LogP contribution in [0.25, 0.3) is 0 Å². The van der Waals surface area contributed by atoms with E-state index in [-0.39, 0.29) is 30.3 Å². The van der Waals surface area contributed by atoms with Gasteiger partial charge < -0.3 is 24.4 Å². The van der Waals surface area contributed by atoms with Crippen molar-refractivity contribution in [2.75, 3.05) is 26.9 Å². The molecule has 8 heteroatoms. The summed E-state index contributed by atoms with van der Waals surface area (Å²) in [5, 5.41) is 3.02. The number of esters is 1. The molecule has 0 spiro atoms. The molecule has 0 radical (unpaired) electrons. The van der Waals surface area contributed by atoms with Gasteiger partial charge in [0.05, 0.1) is 32.8 Å². The number of benzene rings is 1. The maximum absolute atomic E-state index is 13.8. The van der Waals surface area contributed by atoms with Gasteiger partial charge in [0.25, 0.3) is 0 Å². The Morgan fingerprint density at radius 2 is 1.94 bits per heavy atom. The quantitative estimate of drug-likeness (QED) is 0.683. The average molecular weight is 459 g/mol. The van der Waals surface area contributed by atoms with Crippen molar-refractivity contribution in [3.63, 3.8) is 0 Å². The predicted octanol–water partition coefficient (Wildman–Crippen LogP) is 2.24. The second-order valence-electron chi connectivity index (χ2n) is 9.23. The largest absolute Gasteiger partial charge is 0.493 e. The van der Waals surface area contributed by atoms with Crippen molar-refractivity contribution < 1.29 is 28.6 Å². The van der Waals surface area contributed by atoms with Crippen LogP contribution < -0.4 is 10.1 Å². The monoisotopic (exact) mass is 458 g/mol. The van der Waals surface area contributed by atoms with Crippen LogP contribution in [-0.4, -0.2) is 67.7 Å². The molecule has 1 aliphatic carbocycles. The van der Waals surface area contributed by atoms with E-state index in [1.165, 1.54) is 7.11 Å². The molecule has 4 rings (SSSR count). The lowest BCUT2D eigenvalue weighted by atomic mass is 9.83. The topological polar surface area (TPSA) is 94.2 Å². The van der Waals surface area contributed by atoms with Gasteiger partial charge in [-0.3, -0.25) is 9.59 Å². The number of carbonyl (C=O) groups excluding carboxylic acids is 3. The first kappa shape index (κ1) is 23.5. The normalized spacial score (nSPS) is 27.5. The van der Waals surface area contributed by atoms with Gasteiger partial charge in [-0.05, 0) is 36.5 Å². The van der Waals surface area contributed by atoms with Gasteiger partial charge in [0.2, 0.25) is 11.8 Å². The molecule has 33 heavy (non-hydrogen) atoms. The maximum Gasteiger partial charge on any atom is 0.328 e. The smallest absolute Gasteiger partial charge is 0.328 e. The highest BCUT2D eigenvalue weighted by molar-refractivity contribution is 5.92. The zero-order chi connectivity index (χ0) is 23.2. The van der Waals surface area contributed by atoms with Crippen LogP contribution in [0, 0.1) is 5.92 Å². The molecule has 3 aliphatic rings. The van der Waals surface area contributed by atoms with Crippen LogP contribution >= 0.6 is 0 Å². The Balaban J connectivity index is 1.61. The minimum absolute atomic E-state index is 0.0574. The summed E-state index contributed by atoms with van der Waals surface area (Å²) in [7, 11) is 1.33. The summed E-state index contributed by atoms with van der Waals surface area (Å²) in [6.45, 7) is 1.27. The maximum atomic E-state index is 13.8. The van der Waals surface area contributed by atoms with Crippen molar-refractivity contribution >= 4 is 17.8 Å². The number of hydrogen-bond acceptors (Lipinski definition) is 6. The molecule has 1 saturated carbocycles. The van der Waals surface area contributed by atoms with E-state index in [0.717, 1.165) is 37.7 Å². The summed E-state index contributed by atoms with van der Waals surface area (Å²) < 4.78 is 16.8. The number of nitrogens with zero attached hydrogens (tertiary/aromatic N) is 1. The van der Waals surface area contributed by atoms with Gasteiger partial charge in [-0.1, -0.05) is 31.4 Å². The fourth-order valence-electron chi connectivity index (χ4n) is 5.20. The summed E-state index contributed by atoms with van der Waals surface area (Å²) in [6.07, 6.45) is 5.98. The van der Waals surface area contributed by atoms with Crippen molar-refractivity contribution in [2.45, 2.75) is 69.6 Å². The van der Waals surface area contributed by atoms with E-state index < -0.39 is 18.1 Å². The first-order valence-electron chi connectivity index (χ1n) is 12.1. The lowest BCUT2D eigenvalue weighted by Crippen LogP contribution is -2.55. The fraction of sp³-hybridized carbons (Fsp3) is 0.640. The van der Waals surface area contributed by atoms with Crippen LogP contribution in [-0.2, 0) is 30.3 Å². The third-order valence-corrected chi connectivity index (χ3v) is 6.90. The Labute approximate surface area is 194 Å². The highest BCUT2D eigenvalue weighted by Crippen LogP contribution is 2.30. The molecule has 8 nitrogen and oxygen atoms in total. The van der Waals surface area contributed by atoms with Crippen LogP contribution in [0.4, 0.5) is 0 Å². The molecule has 0 aromatic heterocycles. The molecule has 3 atom stereocenters. The number of rotatable bonds is 2. The van der Waals surface area contributed by atoms with E-state index in [2.05, 4.69) is 5.32 Å². The standard InChI is InChI=1S/C25H34N2O6/c1-31-25(30)21-15-20-16-27(21)24(29)23(18-8-3-2-4-9-18)26-22(28)14-17-7-5-10-19(13-17)32-11-6-12-33-20/h5,7,10,13,18,20-21,23H,2-4,6,8-9,11-12,14-16H2,1H3,(H,26,28)/t20-,21+,23+/m1/s1. The van der Waals surface area contributed by atoms with Crippen LogP contribution in [0.2, 0.25) is 0 Å². The van der Waals surface area contributed by atoms with E-state index in [4.69, 9.17) is 14.2 Å². The average Bonchev–Trinajstić information content (AvgIpc) is 3.26. The van der Waals surface area contributed by atoms with Gasteiger partial charge in [-0.15, -0.1) is 0 Å². The highest BCUT2D eigenvalue weighted by Gasteiger charge is 2.44. The summed E-state index contributed by atoms with van der Waals surface area (Å²) in [4.78, 5) is 40.9. The lowest BCUT2D eigenvalue weighted by Gasteiger charge is -2.34. The van der Waals surface area contributed by atoms with Crippen LogP contribution in [0.15, 0.2) is 24.3 Å². The van der Waals surface area contributed by atoms with E-state index in [1.807, 2.05) is 24.3 Å². The molecule has 4 bridgehead atoms. The van der Waals surface area contributed by atoms with Crippen LogP contribution in [0.1, 0.15) is 50.5 Å². The van der Waals surface area contributed by atoms with Gasteiger partial charge in [0.15, 0.2) is 0 Å². The van der Waals surface area contributed by atoms with Gasteiger partial charge in [0, 0.05) is 19.4 Å². The number of fused-ring (bicyclic) bond motifs is 4. The zero-order valence-corrected chi connectivity index (χ0v) is 19.3. The lowest BCUT2D eigenvalue weighted by molar-refractivity contribution is -0.152. The van der Waals surface area contributed by atoms with E-state index >= 15 is 0 Å². The van der Waals surface area contributed by atoms with Gasteiger partial charge in [-0.25, -0.2) is 4.79 Å². The van der Waals surface area contributed by atoms with Crippen molar-refractivity contribution in [3.05, 3.63) is 29.8 Å². The number of hydrogen-bond donors (Lipinski definition) is 1. The van der Waals surface area contributed by atoms with Crippen LogP contribution in [0.5, 0.6) is 5.75 Å². The second-order valence-corrected chi connectivity index (χ2v) is 9.23. The number of nitrogens with one attached hydrogen (secondary N) is 1. The van der Waals surface area contributed by atoms with Crippen molar-refractivity contribution in [1.29, 1.82) is 0 Å². The summed E-state index contributed by atoms with van der Waals surface area (Å²) >= 11 is 0. The molecule has 2 heterocycles. The van der Waals surface area contributed by atoms with Gasteiger partial charge in [-0.2, -0.15) is 0 Å². The summed E-state index contributed by atoms with van der Waals surface area (Å²) in [5.74, 6) is -0.0849. The molecule has 0 unspecified atom stereocenters. The second kappa shape index (κ2) is 11.0. The zero-order valence-electron chi connectivity index (χ0n) is 19.3. The highest BCUT2D eigenvalue weighted by atomic mass is 16.5. The molecule has 1 aromatic rings. The molecule has 180 valence electrons. The van der Waals surface area contributed by atoms with E-state index in [1.54, 1.807) is 4.90 Å².